The van der Waals surface area contributed by atoms with E-state index in [1.54, 1.807) is 13.8 Å². The first kappa shape index (κ1) is 13.7. The number of carbonyl (C=O) groups is 2. The first-order chi connectivity index (χ1) is 8.88. The van der Waals surface area contributed by atoms with E-state index in [2.05, 4.69) is 10.1 Å². The SMILES string of the molecule is CC(C)(N)c1noc(CN2C(=O)CCCCC2=O)n1. The highest BCUT2D eigenvalue weighted by atomic mass is 16.5. The lowest BCUT2D eigenvalue weighted by Crippen LogP contribution is -2.34. The van der Waals surface area contributed by atoms with Crippen LogP contribution in [0.1, 0.15) is 51.2 Å². The van der Waals surface area contributed by atoms with Crippen LogP contribution in [-0.4, -0.2) is 26.9 Å². The number of hydrogen-bond acceptors (Lipinski definition) is 6. The Kier molecular flexibility index (Phi) is 3.66. The molecule has 1 aliphatic heterocycles. The van der Waals surface area contributed by atoms with Gasteiger partial charge in [0.1, 0.15) is 6.54 Å². The van der Waals surface area contributed by atoms with Crippen molar-refractivity contribution in [1.29, 1.82) is 0 Å². The molecule has 19 heavy (non-hydrogen) atoms. The van der Waals surface area contributed by atoms with Crippen LogP contribution in [0.25, 0.3) is 0 Å². The summed E-state index contributed by atoms with van der Waals surface area (Å²) in [7, 11) is 0. The maximum atomic E-state index is 11.8. The average molecular weight is 266 g/mol. The lowest BCUT2D eigenvalue weighted by Gasteiger charge is -2.16. The molecule has 7 heteroatoms. The van der Waals surface area contributed by atoms with Crippen molar-refractivity contribution in [3.8, 4) is 0 Å². The first-order valence-corrected chi connectivity index (χ1v) is 6.33. The monoisotopic (exact) mass is 266 g/mol. The standard InChI is InChI=1S/C12H18N4O3/c1-12(2,13)11-14-8(19-15-11)7-16-9(17)5-3-4-6-10(16)18/h3-7,13H2,1-2H3. The van der Waals surface area contributed by atoms with Gasteiger partial charge in [-0.3, -0.25) is 14.5 Å². The van der Waals surface area contributed by atoms with Crippen LogP contribution in [0.3, 0.4) is 0 Å². The van der Waals surface area contributed by atoms with Gasteiger partial charge in [-0.1, -0.05) is 5.16 Å². The highest BCUT2D eigenvalue weighted by Crippen LogP contribution is 2.17. The maximum Gasteiger partial charge on any atom is 0.246 e. The number of imide groups is 1. The van der Waals surface area contributed by atoms with Gasteiger partial charge in [0.2, 0.25) is 17.7 Å². The average Bonchev–Trinajstić information content (AvgIpc) is 2.73. The summed E-state index contributed by atoms with van der Waals surface area (Å²) in [5.41, 5.74) is 5.14. The molecule has 0 bridgehead atoms. The predicted octanol–water partition coefficient (Wildman–Crippen LogP) is 0.693. The fourth-order valence-electron chi connectivity index (χ4n) is 1.85. The number of hydrogen-bond donors (Lipinski definition) is 1. The van der Waals surface area contributed by atoms with Gasteiger partial charge < -0.3 is 10.3 Å². The van der Waals surface area contributed by atoms with Gasteiger partial charge in [0.05, 0.1) is 5.54 Å². The Bertz CT molecular complexity index is 471. The van der Waals surface area contributed by atoms with Crippen molar-refractivity contribution in [3.05, 3.63) is 11.7 Å². The van der Waals surface area contributed by atoms with Gasteiger partial charge in [-0.05, 0) is 26.7 Å². The minimum Gasteiger partial charge on any atom is -0.337 e. The van der Waals surface area contributed by atoms with Gasteiger partial charge >= 0.3 is 0 Å². The van der Waals surface area contributed by atoms with Crippen molar-refractivity contribution in [2.24, 2.45) is 5.73 Å². The fourth-order valence-corrected chi connectivity index (χ4v) is 1.85. The molecule has 1 aromatic rings. The van der Waals surface area contributed by atoms with Crippen molar-refractivity contribution in [2.45, 2.75) is 51.6 Å². The van der Waals surface area contributed by atoms with Crippen LogP contribution in [0.4, 0.5) is 0 Å². The normalized spacial score (nSPS) is 17.7. The highest BCUT2D eigenvalue weighted by molar-refractivity contribution is 5.95. The van der Waals surface area contributed by atoms with Crippen molar-refractivity contribution in [3.63, 3.8) is 0 Å². The lowest BCUT2D eigenvalue weighted by molar-refractivity contribution is -0.144. The van der Waals surface area contributed by atoms with Crippen molar-refractivity contribution in [1.82, 2.24) is 15.0 Å². The molecule has 0 spiro atoms. The fraction of sp³-hybridized carbons (Fsp3) is 0.667. The van der Waals surface area contributed by atoms with Crippen LogP contribution < -0.4 is 5.73 Å². The van der Waals surface area contributed by atoms with Crippen LogP contribution >= 0.6 is 0 Å². The molecule has 0 unspecified atom stereocenters. The Labute approximate surface area is 111 Å². The van der Waals surface area contributed by atoms with Crippen LogP contribution in [0.5, 0.6) is 0 Å². The molecular weight excluding hydrogens is 248 g/mol. The summed E-state index contributed by atoms with van der Waals surface area (Å²) in [5, 5.41) is 3.77. The molecule has 2 amide bonds. The molecule has 1 fully saturated rings. The molecule has 1 aliphatic rings. The van der Waals surface area contributed by atoms with E-state index in [1.807, 2.05) is 0 Å². The number of aromatic nitrogens is 2. The molecular formula is C12H18N4O3. The summed E-state index contributed by atoms with van der Waals surface area (Å²) in [4.78, 5) is 29.0. The number of nitrogens with zero attached hydrogens (tertiary/aromatic N) is 3. The zero-order valence-corrected chi connectivity index (χ0v) is 11.2. The summed E-state index contributed by atoms with van der Waals surface area (Å²) in [6.07, 6.45) is 2.25. The molecule has 0 aliphatic carbocycles. The van der Waals surface area contributed by atoms with Crippen LogP contribution in [0, 0.1) is 0 Å². The maximum absolute atomic E-state index is 11.8. The summed E-state index contributed by atoms with van der Waals surface area (Å²) in [5.74, 6) is 0.220. The molecule has 0 saturated carbocycles. The second-order valence-corrected chi connectivity index (χ2v) is 5.31. The second-order valence-electron chi connectivity index (χ2n) is 5.31. The number of carbonyl (C=O) groups excluding carboxylic acids is 2. The molecule has 0 atom stereocenters. The van der Waals surface area contributed by atoms with Crippen molar-refractivity contribution < 1.29 is 14.1 Å². The Hall–Kier alpha value is -1.76. The molecule has 1 aromatic heterocycles. The molecule has 104 valence electrons. The zero-order valence-electron chi connectivity index (χ0n) is 11.2. The first-order valence-electron chi connectivity index (χ1n) is 6.33. The van der Waals surface area contributed by atoms with Gasteiger partial charge in [-0.2, -0.15) is 4.98 Å². The number of likely N-dealkylation sites (tertiary alicyclic amines) is 1. The summed E-state index contributed by atoms with van der Waals surface area (Å²) < 4.78 is 5.04. The summed E-state index contributed by atoms with van der Waals surface area (Å²) in [6, 6.07) is 0. The summed E-state index contributed by atoms with van der Waals surface area (Å²) in [6.45, 7) is 3.54. The topological polar surface area (TPSA) is 102 Å². The molecule has 1 saturated heterocycles. The molecule has 0 radical (unpaired) electrons. The number of rotatable bonds is 3. The van der Waals surface area contributed by atoms with E-state index in [9.17, 15) is 9.59 Å². The van der Waals surface area contributed by atoms with Gasteiger partial charge in [-0.25, -0.2) is 0 Å². The van der Waals surface area contributed by atoms with E-state index in [0.717, 1.165) is 12.8 Å². The Balaban J connectivity index is 2.13. The third kappa shape index (κ3) is 3.17. The summed E-state index contributed by atoms with van der Waals surface area (Å²) >= 11 is 0. The van der Waals surface area contributed by atoms with E-state index in [0.29, 0.717) is 18.7 Å². The van der Waals surface area contributed by atoms with E-state index in [4.69, 9.17) is 10.3 Å². The molecule has 2 N–H and O–H groups in total. The quantitative estimate of drug-likeness (QED) is 0.807. The van der Waals surface area contributed by atoms with Gasteiger partial charge in [0.25, 0.3) is 0 Å². The predicted molar refractivity (Wildman–Crippen MR) is 65.5 cm³/mol. The Morgan fingerprint density at radius 2 is 1.84 bits per heavy atom. The lowest BCUT2D eigenvalue weighted by atomic mass is 10.1. The van der Waals surface area contributed by atoms with Gasteiger partial charge in [0.15, 0.2) is 5.82 Å². The third-order valence-electron chi connectivity index (χ3n) is 2.97. The van der Waals surface area contributed by atoms with E-state index < -0.39 is 5.54 Å². The van der Waals surface area contributed by atoms with Gasteiger partial charge in [0, 0.05) is 12.8 Å². The van der Waals surface area contributed by atoms with Crippen LogP contribution in [0.2, 0.25) is 0 Å². The van der Waals surface area contributed by atoms with E-state index in [1.165, 1.54) is 4.90 Å². The minimum atomic E-state index is -0.714. The van der Waals surface area contributed by atoms with E-state index >= 15 is 0 Å². The molecule has 7 nitrogen and oxygen atoms in total. The molecule has 0 aromatic carbocycles. The largest absolute Gasteiger partial charge is 0.337 e. The van der Waals surface area contributed by atoms with Crippen molar-refractivity contribution in [2.75, 3.05) is 0 Å². The smallest absolute Gasteiger partial charge is 0.246 e. The Morgan fingerprint density at radius 3 is 2.32 bits per heavy atom. The van der Waals surface area contributed by atoms with Gasteiger partial charge in [-0.15, -0.1) is 0 Å². The second kappa shape index (κ2) is 5.08. The van der Waals surface area contributed by atoms with Crippen LogP contribution in [-0.2, 0) is 21.7 Å². The highest BCUT2D eigenvalue weighted by Gasteiger charge is 2.27. The molecule has 2 heterocycles. The van der Waals surface area contributed by atoms with Crippen molar-refractivity contribution >= 4 is 11.8 Å². The number of amides is 2. The zero-order chi connectivity index (χ0) is 14.0. The Morgan fingerprint density at radius 1 is 1.26 bits per heavy atom. The minimum absolute atomic E-state index is 0.0285. The van der Waals surface area contributed by atoms with Crippen LogP contribution in [0.15, 0.2) is 4.52 Å². The third-order valence-corrected chi connectivity index (χ3v) is 2.97. The molecule has 2 rings (SSSR count). The number of nitrogens with two attached hydrogens (primary N) is 1. The van der Waals surface area contributed by atoms with E-state index in [-0.39, 0.29) is 24.2 Å².